The minimum absolute atomic E-state index is 0.359. The lowest BCUT2D eigenvalue weighted by atomic mass is 9.97. The topological polar surface area (TPSA) is 42.7 Å². The molecule has 30 heavy (non-hydrogen) atoms. The van der Waals surface area contributed by atoms with Crippen LogP contribution in [0.1, 0.15) is 16.7 Å². The van der Waals surface area contributed by atoms with E-state index in [1.807, 2.05) is 55.5 Å². The van der Waals surface area contributed by atoms with Gasteiger partial charge in [0.15, 0.2) is 0 Å². The molecule has 0 radical (unpaired) electrons. The molecule has 0 saturated heterocycles. The van der Waals surface area contributed by atoms with Gasteiger partial charge in [-0.15, -0.1) is 0 Å². The molecule has 5 heteroatoms. The first-order valence-electron chi connectivity index (χ1n) is 9.84. The van der Waals surface area contributed by atoms with Gasteiger partial charge in [0.2, 0.25) is 0 Å². The molecule has 2 heterocycles. The molecule has 0 spiro atoms. The van der Waals surface area contributed by atoms with Gasteiger partial charge in [0.05, 0.1) is 0 Å². The van der Waals surface area contributed by atoms with Crippen molar-refractivity contribution in [2.24, 2.45) is 0 Å². The summed E-state index contributed by atoms with van der Waals surface area (Å²) in [5.41, 5.74) is 5.18. The number of ether oxygens (including phenoxy) is 1. The molecule has 0 N–H and O–H groups in total. The average molecular weight is 418 g/mol. The standard InChI is InChI=1S/C25H20ClNO3/c1-16-24-19(14-27(15-29-24)13-17-6-5-9-20(26)10-17)11-22-21(12-23(28)30-25(16)22)18-7-3-2-4-8-18/h2-12H,13-15H2,1H3. The molecule has 1 aliphatic rings. The van der Waals surface area contributed by atoms with E-state index in [1.54, 1.807) is 6.07 Å². The van der Waals surface area contributed by atoms with E-state index in [0.717, 1.165) is 57.1 Å². The molecule has 0 amide bonds. The summed E-state index contributed by atoms with van der Waals surface area (Å²) in [6, 6.07) is 21.4. The number of aryl methyl sites for hydroxylation is 1. The first kappa shape index (κ1) is 18.9. The Morgan fingerprint density at radius 2 is 1.87 bits per heavy atom. The Hall–Kier alpha value is -3.08. The molecule has 150 valence electrons. The second-order valence-electron chi connectivity index (χ2n) is 7.60. The summed E-state index contributed by atoms with van der Waals surface area (Å²) in [5, 5.41) is 1.65. The average Bonchev–Trinajstić information content (AvgIpc) is 2.75. The number of nitrogens with zero attached hydrogens (tertiary/aromatic N) is 1. The van der Waals surface area contributed by atoms with Crippen LogP contribution in [0.4, 0.5) is 0 Å². The third-order valence-electron chi connectivity index (χ3n) is 5.46. The van der Waals surface area contributed by atoms with E-state index in [4.69, 9.17) is 20.8 Å². The summed E-state index contributed by atoms with van der Waals surface area (Å²) in [6.45, 7) is 3.90. The lowest BCUT2D eigenvalue weighted by Gasteiger charge is -2.30. The lowest BCUT2D eigenvalue weighted by molar-refractivity contribution is 0.0881. The second kappa shape index (κ2) is 7.63. The van der Waals surface area contributed by atoms with Crippen LogP contribution in [-0.2, 0) is 13.1 Å². The Bertz CT molecular complexity index is 1300. The van der Waals surface area contributed by atoms with E-state index in [0.29, 0.717) is 12.3 Å². The van der Waals surface area contributed by atoms with Gasteiger partial charge in [0, 0.05) is 40.7 Å². The molecule has 0 saturated carbocycles. The van der Waals surface area contributed by atoms with Crippen molar-refractivity contribution in [3.05, 3.63) is 98.9 Å². The van der Waals surface area contributed by atoms with Gasteiger partial charge in [-0.1, -0.05) is 54.1 Å². The summed E-state index contributed by atoms with van der Waals surface area (Å²) in [7, 11) is 0. The summed E-state index contributed by atoms with van der Waals surface area (Å²) in [5.74, 6) is 0.804. The van der Waals surface area contributed by atoms with Crippen molar-refractivity contribution in [3.63, 3.8) is 0 Å². The van der Waals surface area contributed by atoms with Crippen LogP contribution in [0, 0.1) is 6.92 Å². The van der Waals surface area contributed by atoms with Crippen molar-refractivity contribution in [1.82, 2.24) is 4.90 Å². The van der Waals surface area contributed by atoms with Gasteiger partial charge in [0.25, 0.3) is 0 Å². The van der Waals surface area contributed by atoms with E-state index >= 15 is 0 Å². The van der Waals surface area contributed by atoms with Gasteiger partial charge in [-0.05, 0) is 41.8 Å². The van der Waals surface area contributed by atoms with Gasteiger partial charge < -0.3 is 9.15 Å². The maximum absolute atomic E-state index is 12.3. The molecule has 3 aromatic carbocycles. The highest BCUT2D eigenvalue weighted by atomic mass is 35.5. The lowest BCUT2D eigenvalue weighted by Crippen LogP contribution is -2.31. The van der Waals surface area contributed by atoms with Gasteiger partial charge in [-0.3, -0.25) is 4.90 Å². The summed E-state index contributed by atoms with van der Waals surface area (Å²) in [6.07, 6.45) is 0. The van der Waals surface area contributed by atoms with Crippen molar-refractivity contribution in [1.29, 1.82) is 0 Å². The normalized spacial score (nSPS) is 13.8. The van der Waals surface area contributed by atoms with E-state index in [9.17, 15) is 4.79 Å². The van der Waals surface area contributed by atoms with Crippen molar-refractivity contribution in [2.45, 2.75) is 20.0 Å². The first-order valence-corrected chi connectivity index (χ1v) is 10.2. The molecule has 1 aromatic heterocycles. The summed E-state index contributed by atoms with van der Waals surface area (Å²) in [4.78, 5) is 14.5. The van der Waals surface area contributed by atoms with Crippen LogP contribution in [0.15, 0.2) is 75.9 Å². The third-order valence-corrected chi connectivity index (χ3v) is 5.69. The van der Waals surface area contributed by atoms with Gasteiger partial charge >= 0.3 is 5.63 Å². The Kier molecular flexibility index (Phi) is 4.81. The SMILES string of the molecule is Cc1c2c(cc3c(-c4ccccc4)cc(=O)oc13)CN(Cc1cccc(Cl)c1)CO2. The number of benzene rings is 3. The van der Waals surface area contributed by atoms with Crippen molar-refractivity contribution >= 4 is 22.6 Å². The Morgan fingerprint density at radius 3 is 2.67 bits per heavy atom. The Labute approximate surface area is 179 Å². The fourth-order valence-electron chi connectivity index (χ4n) is 4.12. The van der Waals surface area contributed by atoms with Crippen molar-refractivity contribution < 1.29 is 9.15 Å². The molecule has 0 aliphatic carbocycles. The molecule has 0 atom stereocenters. The smallest absolute Gasteiger partial charge is 0.336 e. The molecule has 0 fully saturated rings. The number of fused-ring (bicyclic) bond motifs is 2. The summed E-state index contributed by atoms with van der Waals surface area (Å²) >= 11 is 6.13. The van der Waals surface area contributed by atoms with Gasteiger partial charge in [-0.2, -0.15) is 0 Å². The highest BCUT2D eigenvalue weighted by Gasteiger charge is 2.23. The van der Waals surface area contributed by atoms with Crippen molar-refractivity contribution in [3.8, 4) is 16.9 Å². The number of halogens is 1. The monoisotopic (exact) mass is 417 g/mol. The Balaban J connectivity index is 1.58. The van der Waals surface area contributed by atoms with E-state index in [-0.39, 0.29) is 5.63 Å². The zero-order valence-corrected chi connectivity index (χ0v) is 17.3. The molecular formula is C25H20ClNO3. The number of rotatable bonds is 3. The molecule has 5 rings (SSSR count). The second-order valence-corrected chi connectivity index (χ2v) is 8.04. The highest BCUT2D eigenvalue weighted by molar-refractivity contribution is 6.30. The van der Waals surface area contributed by atoms with Gasteiger partial charge in [0.1, 0.15) is 18.1 Å². The first-order chi connectivity index (χ1) is 14.6. The molecule has 4 nitrogen and oxygen atoms in total. The van der Waals surface area contributed by atoms with Gasteiger partial charge in [-0.25, -0.2) is 4.79 Å². The highest BCUT2D eigenvalue weighted by Crippen LogP contribution is 2.38. The molecule has 1 aliphatic heterocycles. The fraction of sp³-hybridized carbons (Fsp3) is 0.160. The van der Waals surface area contributed by atoms with Crippen LogP contribution in [0.5, 0.6) is 5.75 Å². The largest absolute Gasteiger partial charge is 0.477 e. The molecule has 4 aromatic rings. The molecule has 0 bridgehead atoms. The van der Waals surface area contributed by atoms with Crippen LogP contribution in [-0.4, -0.2) is 11.6 Å². The zero-order valence-electron chi connectivity index (χ0n) is 16.5. The van der Waals surface area contributed by atoms with E-state index < -0.39 is 0 Å². The van der Waals surface area contributed by atoms with Crippen LogP contribution in [0.2, 0.25) is 5.02 Å². The maximum atomic E-state index is 12.3. The fourth-order valence-corrected chi connectivity index (χ4v) is 4.33. The maximum Gasteiger partial charge on any atom is 0.336 e. The zero-order chi connectivity index (χ0) is 20.7. The van der Waals surface area contributed by atoms with Crippen LogP contribution in [0.3, 0.4) is 0 Å². The van der Waals surface area contributed by atoms with E-state index in [1.165, 1.54) is 0 Å². The van der Waals surface area contributed by atoms with Crippen molar-refractivity contribution in [2.75, 3.05) is 6.73 Å². The summed E-state index contributed by atoms with van der Waals surface area (Å²) < 4.78 is 11.7. The predicted octanol–water partition coefficient (Wildman–Crippen LogP) is 5.77. The van der Waals surface area contributed by atoms with E-state index in [2.05, 4.69) is 17.0 Å². The number of hydrogen-bond donors (Lipinski definition) is 0. The van der Waals surface area contributed by atoms with Crippen LogP contribution >= 0.6 is 11.6 Å². The van der Waals surface area contributed by atoms with Crippen LogP contribution in [0.25, 0.3) is 22.1 Å². The number of hydrogen-bond acceptors (Lipinski definition) is 4. The van der Waals surface area contributed by atoms with Crippen LogP contribution < -0.4 is 10.4 Å². The predicted molar refractivity (Wildman–Crippen MR) is 119 cm³/mol. The quantitative estimate of drug-likeness (QED) is 0.396. The minimum atomic E-state index is -0.359. The third kappa shape index (κ3) is 3.49. The minimum Gasteiger partial charge on any atom is -0.477 e. The molecular weight excluding hydrogens is 398 g/mol. The molecule has 0 unspecified atom stereocenters. The Morgan fingerprint density at radius 1 is 1.03 bits per heavy atom.